The van der Waals surface area contributed by atoms with Crippen LogP contribution in [-0.4, -0.2) is 34.5 Å². The van der Waals surface area contributed by atoms with Crippen molar-refractivity contribution in [3.8, 4) is 0 Å². The van der Waals surface area contributed by atoms with E-state index in [4.69, 9.17) is 0 Å². The molecule has 100 valence electrons. The Kier molecular flexibility index (Phi) is 3.85. The van der Waals surface area contributed by atoms with Crippen molar-refractivity contribution < 1.29 is 14.7 Å². The maximum absolute atomic E-state index is 12.1. The fraction of sp³-hybridized carbons (Fsp3) is 0.714. The zero-order chi connectivity index (χ0) is 13.3. The van der Waals surface area contributed by atoms with Crippen molar-refractivity contribution in [3.05, 3.63) is 12.2 Å². The fourth-order valence-electron chi connectivity index (χ4n) is 2.88. The van der Waals surface area contributed by atoms with Crippen LogP contribution in [0.25, 0.3) is 0 Å². The molecule has 1 heterocycles. The molecule has 2 rings (SSSR count). The summed E-state index contributed by atoms with van der Waals surface area (Å²) < 4.78 is 0. The van der Waals surface area contributed by atoms with Crippen molar-refractivity contribution in [2.45, 2.75) is 39.2 Å². The monoisotopic (exact) mass is 251 g/mol. The van der Waals surface area contributed by atoms with Crippen LogP contribution in [-0.2, 0) is 9.59 Å². The predicted molar refractivity (Wildman–Crippen MR) is 67.5 cm³/mol. The highest BCUT2D eigenvalue weighted by Gasteiger charge is 2.47. The molecule has 1 N–H and O–H groups in total. The van der Waals surface area contributed by atoms with Gasteiger partial charge in [-0.3, -0.25) is 14.5 Å². The van der Waals surface area contributed by atoms with Crippen molar-refractivity contribution in [2.24, 2.45) is 17.8 Å². The number of aliphatic hydroxyl groups is 1. The molecular formula is C14H21NO3. The summed E-state index contributed by atoms with van der Waals surface area (Å²) in [5.41, 5.74) is 0. The molecule has 0 bridgehead atoms. The minimum absolute atomic E-state index is 0.0999. The Bertz CT molecular complexity index is 349. The number of carbonyl (C=O) groups excluding carboxylic acids is 2. The zero-order valence-corrected chi connectivity index (χ0v) is 11.0. The average Bonchev–Trinajstić information content (AvgIpc) is 2.54. The van der Waals surface area contributed by atoms with Gasteiger partial charge in [-0.2, -0.15) is 0 Å². The van der Waals surface area contributed by atoms with Gasteiger partial charge in [0.2, 0.25) is 11.8 Å². The van der Waals surface area contributed by atoms with Crippen molar-refractivity contribution >= 4 is 11.8 Å². The Hall–Kier alpha value is -1.16. The summed E-state index contributed by atoms with van der Waals surface area (Å²) in [5.74, 6) is -0.214. The van der Waals surface area contributed by atoms with E-state index in [2.05, 4.69) is 0 Å². The molecule has 18 heavy (non-hydrogen) atoms. The fourth-order valence-corrected chi connectivity index (χ4v) is 2.88. The summed E-state index contributed by atoms with van der Waals surface area (Å²) in [6, 6.07) is 0. The first-order valence-electron chi connectivity index (χ1n) is 6.69. The Labute approximate surface area is 108 Å². The van der Waals surface area contributed by atoms with Gasteiger partial charge in [0.05, 0.1) is 24.5 Å². The Balaban J connectivity index is 2.02. The van der Waals surface area contributed by atoms with Crippen LogP contribution in [0.2, 0.25) is 0 Å². The minimum Gasteiger partial charge on any atom is -0.391 e. The van der Waals surface area contributed by atoms with E-state index in [1.54, 1.807) is 0 Å². The van der Waals surface area contributed by atoms with E-state index < -0.39 is 6.10 Å². The van der Waals surface area contributed by atoms with Crippen LogP contribution >= 0.6 is 0 Å². The molecule has 1 aliphatic carbocycles. The second-order valence-electron chi connectivity index (χ2n) is 5.73. The van der Waals surface area contributed by atoms with E-state index in [-0.39, 0.29) is 30.2 Å². The predicted octanol–water partition coefficient (Wildman–Crippen LogP) is 1.34. The van der Waals surface area contributed by atoms with Gasteiger partial charge < -0.3 is 5.11 Å². The van der Waals surface area contributed by atoms with Crippen molar-refractivity contribution in [3.63, 3.8) is 0 Å². The lowest BCUT2D eigenvalue weighted by molar-refractivity contribution is -0.141. The van der Waals surface area contributed by atoms with E-state index in [9.17, 15) is 14.7 Å². The topological polar surface area (TPSA) is 57.6 Å². The number of likely N-dealkylation sites (tertiary alicyclic amines) is 1. The second kappa shape index (κ2) is 5.22. The van der Waals surface area contributed by atoms with Crippen LogP contribution in [0.3, 0.4) is 0 Å². The molecule has 4 nitrogen and oxygen atoms in total. The molecule has 4 heteroatoms. The van der Waals surface area contributed by atoms with Gasteiger partial charge in [0, 0.05) is 0 Å². The molecule has 2 aliphatic rings. The third-order valence-electron chi connectivity index (χ3n) is 3.74. The zero-order valence-electron chi connectivity index (χ0n) is 11.0. The number of rotatable bonds is 4. The summed E-state index contributed by atoms with van der Waals surface area (Å²) in [6.45, 7) is 4.18. The lowest BCUT2D eigenvalue weighted by atomic mass is 9.85. The molecule has 1 fully saturated rings. The molecular weight excluding hydrogens is 230 g/mol. The van der Waals surface area contributed by atoms with Gasteiger partial charge in [0.25, 0.3) is 0 Å². The molecule has 0 radical (unpaired) electrons. The molecule has 1 saturated heterocycles. The molecule has 0 aromatic rings. The Morgan fingerprint density at radius 2 is 1.72 bits per heavy atom. The summed E-state index contributed by atoms with van der Waals surface area (Å²) >= 11 is 0. The third kappa shape index (κ3) is 2.48. The minimum atomic E-state index is -0.606. The van der Waals surface area contributed by atoms with Crippen LogP contribution in [0.4, 0.5) is 0 Å². The molecule has 0 saturated carbocycles. The molecule has 1 unspecified atom stereocenters. The van der Waals surface area contributed by atoms with E-state index in [0.717, 1.165) is 0 Å². The number of amides is 2. The SMILES string of the molecule is CC(C)CC(O)CN1C(=O)[C@H]2CC=CC[C@H]2C1=O. The number of aliphatic hydroxyl groups excluding tert-OH is 1. The lowest BCUT2D eigenvalue weighted by Gasteiger charge is -2.20. The standard InChI is InChI=1S/C14H21NO3/c1-9(2)7-10(16)8-15-13(17)11-5-3-4-6-12(11)14(15)18/h3-4,9-12,16H,5-8H2,1-2H3/t10?,11-,12+. The largest absolute Gasteiger partial charge is 0.391 e. The van der Waals surface area contributed by atoms with Crippen LogP contribution < -0.4 is 0 Å². The van der Waals surface area contributed by atoms with Gasteiger partial charge in [-0.05, 0) is 25.2 Å². The van der Waals surface area contributed by atoms with Crippen molar-refractivity contribution in [2.75, 3.05) is 6.54 Å². The van der Waals surface area contributed by atoms with Crippen molar-refractivity contribution in [1.82, 2.24) is 4.90 Å². The maximum atomic E-state index is 12.1. The smallest absolute Gasteiger partial charge is 0.233 e. The third-order valence-corrected chi connectivity index (χ3v) is 3.74. The lowest BCUT2D eigenvalue weighted by Crippen LogP contribution is -2.38. The number of allylic oxidation sites excluding steroid dienone is 2. The van der Waals surface area contributed by atoms with Gasteiger partial charge in [-0.15, -0.1) is 0 Å². The van der Waals surface area contributed by atoms with E-state index >= 15 is 0 Å². The first-order chi connectivity index (χ1) is 8.50. The highest BCUT2D eigenvalue weighted by Crippen LogP contribution is 2.35. The number of β-amino-alcohol motifs (C(OH)–C–C–N with tert-alkyl or cyclic N) is 1. The Morgan fingerprint density at radius 1 is 1.22 bits per heavy atom. The van der Waals surface area contributed by atoms with Gasteiger partial charge >= 0.3 is 0 Å². The number of fused-ring (bicyclic) bond motifs is 1. The normalized spacial score (nSPS) is 29.0. The molecule has 3 atom stereocenters. The molecule has 2 amide bonds. The molecule has 1 aliphatic heterocycles. The van der Waals surface area contributed by atoms with E-state index in [0.29, 0.717) is 25.2 Å². The number of imide groups is 1. The summed E-state index contributed by atoms with van der Waals surface area (Å²) in [5, 5.41) is 9.89. The molecule has 0 spiro atoms. The quantitative estimate of drug-likeness (QED) is 0.606. The highest BCUT2D eigenvalue weighted by molar-refractivity contribution is 6.05. The van der Waals surface area contributed by atoms with Crippen LogP contribution in [0.5, 0.6) is 0 Å². The average molecular weight is 251 g/mol. The van der Waals surface area contributed by atoms with E-state index in [1.165, 1.54) is 4.90 Å². The van der Waals surface area contributed by atoms with Crippen LogP contribution in [0.15, 0.2) is 12.2 Å². The number of nitrogens with zero attached hydrogens (tertiary/aromatic N) is 1. The maximum Gasteiger partial charge on any atom is 0.233 e. The number of hydrogen-bond acceptors (Lipinski definition) is 3. The molecule has 0 aromatic heterocycles. The van der Waals surface area contributed by atoms with Gasteiger partial charge in [-0.25, -0.2) is 0 Å². The highest BCUT2D eigenvalue weighted by atomic mass is 16.3. The summed E-state index contributed by atoms with van der Waals surface area (Å²) in [7, 11) is 0. The molecule has 0 aromatic carbocycles. The first kappa shape index (κ1) is 13.3. The Morgan fingerprint density at radius 3 is 2.17 bits per heavy atom. The van der Waals surface area contributed by atoms with E-state index in [1.807, 2.05) is 26.0 Å². The van der Waals surface area contributed by atoms with Crippen LogP contribution in [0.1, 0.15) is 33.1 Å². The summed E-state index contributed by atoms with van der Waals surface area (Å²) in [6.07, 6.45) is 5.27. The van der Waals surface area contributed by atoms with Gasteiger partial charge in [0.1, 0.15) is 0 Å². The number of hydrogen-bond donors (Lipinski definition) is 1. The van der Waals surface area contributed by atoms with Crippen molar-refractivity contribution in [1.29, 1.82) is 0 Å². The summed E-state index contributed by atoms with van der Waals surface area (Å²) in [4.78, 5) is 25.5. The van der Waals surface area contributed by atoms with Crippen LogP contribution in [0, 0.1) is 17.8 Å². The van der Waals surface area contributed by atoms with Gasteiger partial charge in [-0.1, -0.05) is 26.0 Å². The van der Waals surface area contributed by atoms with Gasteiger partial charge in [0.15, 0.2) is 0 Å². The first-order valence-corrected chi connectivity index (χ1v) is 6.69. The number of carbonyl (C=O) groups is 2. The second-order valence-corrected chi connectivity index (χ2v) is 5.73.